The zero-order valence-corrected chi connectivity index (χ0v) is 14.9. The molecule has 0 spiro atoms. The molecule has 4 rings (SSSR count). The van der Waals surface area contributed by atoms with E-state index in [2.05, 4.69) is 20.3 Å². The number of hydrogen-bond donors (Lipinski definition) is 0. The SMILES string of the molecule is COc1ccc(-c2noc(CSc3nnc(-c4ccco4)n3C)n2)cc1. The van der Waals surface area contributed by atoms with Gasteiger partial charge in [0, 0.05) is 12.6 Å². The summed E-state index contributed by atoms with van der Waals surface area (Å²) in [6.07, 6.45) is 1.61. The third-order valence-electron chi connectivity index (χ3n) is 3.72. The predicted octanol–water partition coefficient (Wildman–Crippen LogP) is 3.43. The van der Waals surface area contributed by atoms with Crippen LogP contribution in [0.25, 0.3) is 23.0 Å². The van der Waals surface area contributed by atoms with E-state index in [0.717, 1.165) is 16.5 Å². The minimum atomic E-state index is 0.493. The minimum Gasteiger partial charge on any atom is -0.497 e. The summed E-state index contributed by atoms with van der Waals surface area (Å²) in [5, 5.41) is 13.1. The van der Waals surface area contributed by atoms with Crippen LogP contribution >= 0.6 is 11.8 Å². The number of aromatic nitrogens is 5. The van der Waals surface area contributed by atoms with Crippen LogP contribution in [0.1, 0.15) is 5.89 Å². The molecule has 9 heteroatoms. The highest BCUT2D eigenvalue weighted by molar-refractivity contribution is 7.98. The van der Waals surface area contributed by atoms with Crippen LogP contribution in [-0.4, -0.2) is 32.0 Å². The number of thioether (sulfide) groups is 1. The van der Waals surface area contributed by atoms with E-state index in [0.29, 0.717) is 29.1 Å². The lowest BCUT2D eigenvalue weighted by atomic mass is 10.2. The quantitative estimate of drug-likeness (QED) is 0.477. The molecule has 3 aromatic heterocycles. The summed E-state index contributed by atoms with van der Waals surface area (Å²) < 4.78 is 17.7. The Morgan fingerprint density at radius 2 is 2.00 bits per heavy atom. The normalized spacial score (nSPS) is 11.0. The maximum absolute atomic E-state index is 5.36. The highest BCUT2D eigenvalue weighted by atomic mass is 32.2. The molecule has 8 nitrogen and oxygen atoms in total. The summed E-state index contributed by atoms with van der Waals surface area (Å²) in [5.74, 6) is 3.67. The smallest absolute Gasteiger partial charge is 0.237 e. The number of ether oxygens (including phenoxy) is 1. The first-order chi connectivity index (χ1) is 12.7. The van der Waals surface area contributed by atoms with Gasteiger partial charge in [-0.1, -0.05) is 16.9 Å². The molecule has 0 bridgehead atoms. The van der Waals surface area contributed by atoms with Gasteiger partial charge in [-0.25, -0.2) is 0 Å². The molecule has 0 atom stereocenters. The predicted molar refractivity (Wildman–Crippen MR) is 94.6 cm³/mol. The zero-order valence-electron chi connectivity index (χ0n) is 14.1. The minimum absolute atomic E-state index is 0.493. The number of furan rings is 1. The molecule has 26 heavy (non-hydrogen) atoms. The van der Waals surface area contributed by atoms with Gasteiger partial charge in [0.25, 0.3) is 0 Å². The maximum Gasteiger partial charge on any atom is 0.237 e. The van der Waals surface area contributed by atoms with Crippen molar-refractivity contribution in [1.29, 1.82) is 0 Å². The lowest BCUT2D eigenvalue weighted by Gasteiger charge is -2.00. The van der Waals surface area contributed by atoms with Gasteiger partial charge >= 0.3 is 0 Å². The van der Waals surface area contributed by atoms with E-state index >= 15 is 0 Å². The van der Waals surface area contributed by atoms with E-state index in [4.69, 9.17) is 13.7 Å². The molecule has 0 saturated heterocycles. The monoisotopic (exact) mass is 369 g/mol. The fraction of sp³-hybridized carbons (Fsp3) is 0.176. The van der Waals surface area contributed by atoms with Crippen molar-refractivity contribution in [3.05, 3.63) is 48.6 Å². The van der Waals surface area contributed by atoms with Gasteiger partial charge in [0.15, 0.2) is 16.7 Å². The number of nitrogens with zero attached hydrogens (tertiary/aromatic N) is 5. The van der Waals surface area contributed by atoms with Gasteiger partial charge in [-0.05, 0) is 36.4 Å². The second kappa shape index (κ2) is 7.04. The molecule has 0 amide bonds. The summed E-state index contributed by atoms with van der Waals surface area (Å²) in [7, 11) is 3.51. The van der Waals surface area contributed by atoms with E-state index < -0.39 is 0 Å². The second-order valence-corrected chi connectivity index (χ2v) is 6.31. The first-order valence-corrected chi connectivity index (χ1v) is 8.76. The molecule has 3 heterocycles. The van der Waals surface area contributed by atoms with Crippen molar-refractivity contribution < 1.29 is 13.7 Å². The van der Waals surface area contributed by atoms with Crippen LogP contribution in [0.15, 0.2) is 56.8 Å². The topological polar surface area (TPSA) is 92.0 Å². The highest BCUT2D eigenvalue weighted by Crippen LogP contribution is 2.26. The van der Waals surface area contributed by atoms with Crippen LogP contribution in [0.4, 0.5) is 0 Å². The molecule has 0 aliphatic carbocycles. The van der Waals surface area contributed by atoms with E-state index in [1.165, 1.54) is 11.8 Å². The lowest BCUT2D eigenvalue weighted by molar-refractivity contribution is 0.391. The average Bonchev–Trinajstić information content (AvgIpc) is 3.41. The fourth-order valence-corrected chi connectivity index (χ4v) is 3.11. The Balaban J connectivity index is 1.45. The maximum atomic E-state index is 5.36. The molecule has 0 aliphatic heterocycles. The zero-order chi connectivity index (χ0) is 17.9. The molecule has 4 aromatic rings. The van der Waals surface area contributed by atoms with Gasteiger partial charge in [-0.3, -0.25) is 0 Å². The molecule has 0 unspecified atom stereocenters. The molecular formula is C17H15N5O3S. The third kappa shape index (κ3) is 3.21. The van der Waals surface area contributed by atoms with Gasteiger partial charge in [0.1, 0.15) is 5.75 Å². The molecule has 0 aliphatic rings. The van der Waals surface area contributed by atoms with Crippen LogP contribution in [0, 0.1) is 0 Å². The Hall–Kier alpha value is -3.07. The number of methoxy groups -OCH3 is 1. The van der Waals surface area contributed by atoms with E-state index in [-0.39, 0.29) is 0 Å². The van der Waals surface area contributed by atoms with Crippen molar-refractivity contribution in [2.24, 2.45) is 7.05 Å². The van der Waals surface area contributed by atoms with Gasteiger partial charge in [-0.15, -0.1) is 10.2 Å². The summed E-state index contributed by atoms with van der Waals surface area (Å²) >= 11 is 1.46. The molecule has 1 aromatic carbocycles. The van der Waals surface area contributed by atoms with Crippen molar-refractivity contribution in [1.82, 2.24) is 24.9 Å². The van der Waals surface area contributed by atoms with Crippen LogP contribution in [0.5, 0.6) is 5.75 Å². The Labute approximate surface area is 153 Å². The van der Waals surface area contributed by atoms with Crippen LogP contribution in [-0.2, 0) is 12.8 Å². The highest BCUT2D eigenvalue weighted by Gasteiger charge is 2.15. The number of benzene rings is 1. The summed E-state index contributed by atoms with van der Waals surface area (Å²) in [6, 6.07) is 11.1. The van der Waals surface area contributed by atoms with Gasteiger partial charge < -0.3 is 18.2 Å². The number of hydrogen-bond acceptors (Lipinski definition) is 8. The molecule has 0 N–H and O–H groups in total. The summed E-state index contributed by atoms with van der Waals surface area (Å²) in [6.45, 7) is 0. The summed E-state index contributed by atoms with van der Waals surface area (Å²) in [5.41, 5.74) is 0.865. The van der Waals surface area contributed by atoms with Gasteiger partial charge in [0.2, 0.25) is 11.7 Å². The fourth-order valence-electron chi connectivity index (χ4n) is 2.36. The molecule has 0 fully saturated rings. The number of rotatable bonds is 6. The van der Waals surface area contributed by atoms with Gasteiger partial charge in [0.05, 0.1) is 19.1 Å². The Morgan fingerprint density at radius 1 is 1.15 bits per heavy atom. The van der Waals surface area contributed by atoms with E-state index in [1.54, 1.807) is 13.4 Å². The van der Waals surface area contributed by atoms with Crippen molar-refractivity contribution >= 4 is 11.8 Å². The Kier molecular flexibility index (Phi) is 4.44. The van der Waals surface area contributed by atoms with Crippen molar-refractivity contribution in [2.45, 2.75) is 10.9 Å². The summed E-state index contributed by atoms with van der Waals surface area (Å²) in [4.78, 5) is 4.42. The van der Waals surface area contributed by atoms with E-state index in [9.17, 15) is 0 Å². The molecule has 0 radical (unpaired) electrons. The van der Waals surface area contributed by atoms with Crippen molar-refractivity contribution in [3.63, 3.8) is 0 Å². The van der Waals surface area contributed by atoms with Crippen LogP contribution < -0.4 is 4.74 Å². The van der Waals surface area contributed by atoms with Crippen molar-refractivity contribution in [3.8, 4) is 28.7 Å². The largest absolute Gasteiger partial charge is 0.497 e. The van der Waals surface area contributed by atoms with Crippen LogP contribution in [0.3, 0.4) is 0 Å². The van der Waals surface area contributed by atoms with E-state index in [1.807, 2.05) is 48.0 Å². The Morgan fingerprint density at radius 3 is 2.73 bits per heavy atom. The molecular weight excluding hydrogens is 354 g/mol. The standard InChI is InChI=1S/C17H15N5O3S/c1-22-16(13-4-3-9-24-13)19-20-17(22)26-10-14-18-15(21-25-14)11-5-7-12(23-2)8-6-11/h3-9H,10H2,1-2H3. The molecule has 132 valence electrons. The first-order valence-electron chi connectivity index (χ1n) is 7.77. The third-order valence-corrected chi connectivity index (χ3v) is 4.72. The van der Waals surface area contributed by atoms with Crippen LogP contribution in [0.2, 0.25) is 0 Å². The first kappa shape index (κ1) is 16.4. The van der Waals surface area contributed by atoms with Gasteiger partial charge in [-0.2, -0.15) is 4.98 Å². The second-order valence-electron chi connectivity index (χ2n) is 5.37. The van der Waals surface area contributed by atoms with Crippen molar-refractivity contribution in [2.75, 3.05) is 7.11 Å². The average molecular weight is 369 g/mol. The lowest BCUT2D eigenvalue weighted by Crippen LogP contribution is -1.94. The molecule has 0 saturated carbocycles. The Bertz CT molecular complexity index is 992.